The normalized spacial score (nSPS) is 25.3. The van der Waals surface area contributed by atoms with E-state index < -0.39 is 12.7 Å². The molecule has 1 atom stereocenters. The molecule has 2 nitrogen and oxygen atoms in total. The zero-order chi connectivity index (χ0) is 10.6. The summed E-state index contributed by atoms with van der Waals surface area (Å²) in [5, 5.41) is 2.46. The summed E-state index contributed by atoms with van der Waals surface area (Å²) in [6.45, 7) is 1.58. The molecule has 1 aliphatic heterocycles. The van der Waals surface area contributed by atoms with Gasteiger partial charge in [0.2, 0.25) is 0 Å². The largest absolute Gasteiger partial charge is 0.401 e. The fourth-order valence-corrected chi connectivity index (χ4v) is 1.86. The second kappa shape index (κ2) is 4.98. The molecule has 0 spiro atoms. The van der Waals surface area contributed by atoms with Crippen LogP contribution in [0.1, 0.15) is 12.8 Å². The van der Waals surface area contributed by atoms with Crippen molar-refractivity contribution < 1.29 is 13.2 Å². The summed E-state index contributed by atoms with van der Waals surface area (Å²) >= 11 is 0. The third-order valence-electron chi connectivity index (χ3n) is 2.48. The van der Waals surface area contributed by atoms with Crippen LogP contribution in [0.2, 0.25) is 0 Å². The third-order valence-corrected chi connectivity index (χ3v) is 2.48. The number of nitrogens with zero attached hydrogens (tertiary/aromatic N) is 1. The molecule has 1 rings (SSSR count). The van der Waals surface area contributed by atoms with Crippen molar-refractivity contribution >= 4 is 0 Å². The van der Waals surface area contributed by atoms with E-state index in [9.17, 15) is 13.2 Å². The van der Waals surface area contributed by atoms with E-state index in [-0.39, 0.29) is 0 Å². The summed E-state index contributed by atoms with van der Waals surface area (Å²) in [7, 11) is 2.01. The van der Waals surface area contributed by atoms with E-state index >= 15 is 0 Å². The Morgan fingerprint density at radius 1 is 1.43 bits per heavy atom. The van der Waals surface area contributed by atoms with Crippen molar-refractivity contribution in [2.45, 2.75) is 19.0 Å². The molecule has 1 heterocycles. The van der Waals surface area contributed by atoms with E-state index in [1.807, 2.05) is 7.05 Å². The predicted octanol–water partition coefficient (Wildman–Crippen LogP) is 1.48. The molecule has 0 aromatic heterocycles. The van der Waals surface area contributed by atoms with Crippen LogP contribution in [-0.2, 0) is 0 Å². The molecule has 5 heteroatoms. The van der Waals surface area contributed by atoms with Gasteiger partial charge in [-0.15, -0.1) is 0 Å². The van der Waals surface area contributed by atoms with E-state index in [4.69, 9.17) is 0 Å². The smallest absolute Gasteiger partial charge is 0.308 e. The first-order valence-corrected chi connectivity index (χ1v) is 4.93. The minimum atomic E-state index is -4.08. The maximum absolute atomic E-state index is 11.8. The lowest BCUT2D eigenvalue weighted by molar-refractivity contribution is -0.125. The van der Waals surface area contributed by atoms with Crippen LogP contribution in [0, 0.1) is 5.92 Å². The van der Waals surface area contributed by atoms with Gasteiger partial charge in [-0.25, -0.2) is 0 Å². The fourth-order valence-electron chi connectivity index (χ4n) is 1.86. The molecule has 1 saturated heterocycles. The van der Waals surface area contributed by atoms with Crippen molar-refractivity contribution in [3.63, 3.8) is 0 Å². The highest BCUT2D eigenvalue weighted by Gasteiger charge is 2.27. The van der Waals surface area contributed by atoms with Crippen LogP contribution >= 0.6 is 0 Å². The minimum Gasteiger partial charge on any atom is -0.308 e. The van der Waals surface area contributed by atoms with Gasteiger partial charge in [-0.2, -0.15) is 13.2 Å². The molecule has 0 amide bonds. The molecule has 0 bridgehead atoms. The van der Waals surface area contributed by atoms with Gasteiger partial charge in [0.05, 0.1) is 6.54 Å². The van der Waals surface area contributed by atoms with E-state index in [0.717, 1.165) is 25.9 Å². The van der Waals surface area contributed by atoms with Crippen LogP contribution in [0.25, 0.3) is 0 Å². The number of likely N-dealkylation sites (tertiary alicyclic amines) is 1. The number of hydrogen-bond acceptors (Lipinski definition) is 2. The van der Waals surface area contributed by atoms with Gasteiger partial charge in [-0.3, -0.25) is 0 Å². The van der Waals surface area contributed by atoms with Gasteiger partial charge in [0.25, 0.3) is 0 Å². The van der Waals surface area contributed by atoms with Crippen molar-refractivity contribution in [2.75, 3.05) is 33.2 Å². The van der Waals surface area contributed by atoms with Gasteiger partial charge in [0.15, 0.2) is 0 Å². The molecule has 0 aliphatic carbocycles. The summed E-state index contributed by atoms with van der Waals surface area (Å²) in [4.78, 5) is 2.17. The molecule has 0 saturated carbocycles. The van der Waals surface area contributed by atoms with Crippen molar-refractivity contribution in [3.8, 4) is 0 Å². The lowest BCUT2D eigenvalue weighted by Crippen LogP contribution is -2.39. The maximum atomic E-state index is 11.8. The van der Waals surface area contributed by atoms with Gasteiger partial charge < -0.3 is 10.2 Å². The highest BCUT2D eigenvalue weighted by Crippen LogP contribution is 2.15. The summed E-state index contributed by atoms with van der Waals surface area (Å²) < 4.78 is 35.4. The van der Waals surface area contributed by atoms with Crippen LogP contribution in [0.15, 0.2) is 0 Å². The average Bonchev–Trinajstić information content (AvgIpc) is 2.01. The van der Waals surface area contributed by atoms with Gasteiger partial charge in [-0.05, 0) is 38.9 Å². The number of alkyl halides is 3. The Balaban J connectivity index is 2.12. The van der Waals surface area contributed by atoms with Gasteiger partial charge in [0.1, 0.15) is 0 Å². The molecule has 1 fully saturated rings. The number of hydrogen-bond donors (Lipinski definition) is 1. The third kappa shape index (κ3) is 4.81. The second-order valence-electron chi connectivity index (χ2n) is 4.02. The Hall–Kier alpha value is -0.290. The second-order valence-corrected chi connectivity index (χ2v) is 4.02. The van der Waals surface area contributed by atoms with Gasteiger partial charge >= 0.3 is 6.18 Å². The Kier molecular flexibility index (Phi) is 4.19. The first-order valence-electron chi connectivity index (χ1n) is 4.93. The Labute approximate surface area is 82.5 Å². The molecular weight excluding hydrogens is 193 g/mol. The standard InChI is InChI=1S/C9H17F3N2/c1-14-4-2-3-8(6-14)5-13-7-9(10,11)12/h8,13H,2-7H2,1H3. The molecule has 14 heavy (non-hydrogen) atoms. The monoisotopic (exact) mass is 210 g/mol. The van der Waals surface area contributed by atoms with Crippen LogP contribution in [0.5, 0.6) is 0 Å². The minimum absolute atomic E-state index is 0.371. The van der Waals surface area contributed by atoms with E-state index in [0.29, 0.717) is 12.5 Å². The molecular formula is C9H17F3N2. The van der Waals surface area contributed by atoms with Crippen molar-refractivity contribution in [3.05, 3.63) is 0 Å². The van der Waals surface area contributed by atoms with Gasteiger partial charge in [0, 0.05) is 6.54 Å². The average molecular weight is 210 g/mol. The Morgan fingerprint density at radius 3 is 2.71 bits per heavy atom. The predicted molar refractivity (Wildman–Crippen MR) is 49.1 cm³/mol. The summed E-state index contributed by atoms with van der Waals surface area (Å²) in [6.07, 6.45) is -1.95. The van der Waals surface area contributed by atoms with Crippen LogP contribution in [0.4, 0.5) is 13.2 Å². The molecule has 0 radical (unpaired) electrons. The molecule has 1 aliphatic rings. The number of nitrogens with one attached hydrogen (secondary N) is 1. The Morgan fingerprint density at radius 2 is 2.14 bits per heavy atom. The number of piperidine rings is 1. The number of halogens is 3. The zero-order valence-electron chi connectivity index (χ0n) is 8.40. The van der Waals surface area contributed by atoms with E-state index in [1.54, 1.807) is 0 Å². The van der Waals surface area contributed by atoms with Crippen molar-refractivity contribution in [1.82, 2.24) is 10.2 Å². The molecule has 1 unspecified atom stereocenters. The van der Waals surface area contributed by atoms with Crippen LogP contribution in [-0.4, -0.2) is 44.3 Å². The summed E-state index contributed by atoms with van der Waals surface area (Å²) in [5.74, 6) is 0.371. The van der Waals surface area contributed by atoms with Crippen molar-refractivity contribution in [2.24, 2.45) is 5.92 Å². The quantitative estimate of drug-likeness (QED) is 0.759. The van der Waals surface area contributed by atoms with E-state index in [2.05, 4.69) is 10.2 Å². The fraction of sp³-hybridized carbons (Fsp3) is 1.00. The maximum Gasteiger partial charge on any atom is 0.401 e. The van der Waals surface area contributed by atoms with Crippen LogP contribution < -0.4 is 5.32 Å². The topological polar surface area (TPSA) is 15.3 Å². The molecule has 1 N–H and O–H groups in total. The van der Waals surface area contributed by atoms with Crippen molar-refractivity contribution in [1.29, 1.82) is 0 Å². The zero-order valence-corrected chi connectivity index (χ0v) is 8.40. The Bertz CT molecular complexity index is 170. The highest BCUT2D eigenvalue weighted by atomic mass is 19.4. The van der Waals surface area contributed by atoms with Crippen LogP contribution in [0.3, 0.4) is 0 Å². The van der Waals surface area contributed by atoms with Gasteiger partial charge in [-0.1, -0.05) is 0 Å². The number of rotatable bonds is 3. The molecule has 84 valence electrons. The molecule has 0 aromatic rings. The lowest BCUT2D eigenvalue weighted by Gasteiger charge is -2.29. The van der Waals surface area contributed by atoms with E-state index in [1.165, 1.54) is 0 Å². The first-order chi connectivity index (χ1) is 6.47. The highest BCUT2D eigenvalue weighted by molar-refractivity contribution is 4.72. The summed E-state index contributed by atoms with van der Waals surface area (Å²) in [5.41, 5.74) is 0. The SMILES string of the molecule is CN1CCCC(CNCC(F)(F)F)C1. The first kappa shape index (κ1) is 11.8. The lowest BCUT2D eigenvalue weighted by atomic mass is 9.98. The molecule has 0 aromatic carbocycles. The summed E-state index contributed by atoms with van der Waals surface area (Å²) in [6, 6.07) is 0.